The Morgan fingerprint density at radius 2 is 2.56 bits per heavy atom. The lowest BCUT2D eigenvalue weighted by Crippen LogP contribution is -2.49. The molecule has 9 heavy (non-hydrogen) atoms. The standard InChI is InChI=1S/C6H13N2O/c1-8-4-3-7-6(5-8)9-2/h6-7H,1,3-5H2,2H3. The first-order valence-electron chi connectivity index (χ1n) is 3.14. The number of piperazine rings is 1. The summed E-state index contributed by atoms with van der Waals surface area (Å²) in [5.41, 5.74) is 0. The van der Waals surface area contributed by atoms with Gasteiger partial charge in [-0.2, -0.15) is 0 Å². The van der Waals surface area contributed by atoms with Crippen molar-refractivity contribution in [1.29, 1.82) is 0 Å². The summed E-state index contributed by atoms with van der Waals surface area (Å²) >= 11 is 0. The summed E-state index contributed by atoms with van der Waals surface area (Å²) in [6, 6.07) is 0. The van der Waals surface area contributed by atoms with Gasteiger partial charge >= 0.3 is 0 Å². The Kier molecular flexibility index (Phi) is 2.45. The van der Waals surface area contributed by atoms with Gasteiger partial charge in [0.2, 0.25) is 0 Å². The van der Waals surface area contributed by atoms with Crippen LogP contribution in [0.15, 0.2) is 0 Å². The number of rotatable bonds is 1. The molecule has 0 aromatic carbocycles. The number of ether oxygens (including phenoxy) is 1. The minimum absolute atomic E-state index is 0.177. The van der Waals surface area contributed by atoms with Gasteiger partial charge < -0.3 is 4.74 Å². The van der Waals surface area contributed by atoms with Crippen LogP contribution in [0.1, 0.15) is 0 Å². The minimum Gasteiger partial charge on any atom is -0.365 e. The van der Waals surface area contributed by atoms with Gasteiger partial charge in [-0.15, -0.1) is 0 Å². The summed E-state index contributed by atoms with van der Waals surface area (Å²) in [4.78, 5) is 2.00. The molecule has 0 spiro atoms. The monoisotopic (exact) mass is 129 g/mol. The Morgan fingerprint density at radius 3 is 3.00 bits per heavy atom. The molecule has 1 N–H and O–H groups in total. The lowest BCUT2D eigenvalue weighted by molar-refractivity contribution is 0.0299. The second-order valence-electron chi connectivity index (χ2n) is 2.26. The molecule has 1 unspecified atom stereocenters. The molecule has 1 aliphatic rings. The Bertz CT molecular complexity index is 87.1. The SMILES string of the molecule is [CH2]N1CCNC(OC)C1. The minimum atomic E-state index is 0.177. The van der Waals surface area contributed by atoms with E-state index in [0.29, 0.717) is 0 Å². The maximum atomic E-state index is 5.07. The highest BCUT2D eigenvalue weighted by Crippen LogP contribution is 1.95. The van der Waals surface area contributed by atoms with Crippen molar-refractivity contribution < 1.29 is 4.74 Å². The Hall–Kier alpha value is -0.120. The third-order valence-corrected chi connectivity index (χ3v) is 1.51. The highest BCUT2D eigenvalue weighted by molar-refractivity contribution is 4.70. The summed E-state index contributed by atoms with van der Waals surface area (Å²) in [7, 11) is 5.51. The molecule has 0 aromatic rings. The molecule has 1 radical (unpaired) electrons. The molecular weight excluding hydrogens is 116 g/mol. The fourth-order valence-electron chi connectivity index (χ4n) is 0.932. The van der Waals surface area contributed by atoms with Crippen LogP contribution in [-0.2, 0) is 4.74 Å². The van der Waals surface area contributed by atoms with E-state index in [0.717, 1.165) is 19.6 Å². The van der Waals surface area contributed by atoms with Gasteiger partial charge in [-0.1, -0.05) is 0 Å². The molecule has 1 atom stereocenters. The highest BCUT2D eigenvalue weighted by atomic mass is 16.5. The third-order valence-electron chi connectivity index (χ3n) is 1.51. The van der Waals surface area contributed by atoms with Crippen LogP contribution in [0.2, 0.25) is 0 Å². The van der Waals surface area contributed by atoms with Crippen LogP contribution >= 0.6 is 0 Å². The van der Waals surface area contributed by atoms with Crippen LogP contribution in [0.4, 0.5) is 0 Å². The average Bonchev–Trinajstić information content (AvgIpc) is 1.88. The first kappa shape index (κ1) is 6.99. The number of methoxy groups -OCH3 is 1. The molecule has 1 aliphatic heterocycles. The zero-order valence-electron chi connectivity index (χ0n) is 5.76. The molecule has 0 amide bonds. The third kappa shape index (κ3) is 1.93. The zero-order valence-corrected chi connectivity index (χ0v) is 5.76. The second kappa shape index (κ2) is 3.15. The lowest BCUT2D eigenvalue weighted by atomic mass is 10.4. The molecule has 0 saturated carbocycles. The number of hydrogen-bond acceptors (Lipinski definition) is 3. The highest BCUT2D eigenvalue weighted by Gasteiger charge is 2.14. The fourth-order valence-corrected chi connectivity index (χ4v) is 0.932. The van der Waals surface area contributed by atoms with Crippen molar-refractivity contribution in [2.75, 3.05) is 26.7 Å². The van der Waals surface area contributed by atoms with Gasteiger partial charge in [-0.3, -0.25) is 10.2 Å². The van der Waals surface area contributed by atoms with E-state index in [1.807, 2.05) is 4.90 Å². The van der Waals surface area contributed by atoms with E-state index < -0.39 is 0 Å². The van der Waals surface area contributed by atoms with Crippen molar-refractivity contribution in [2.45, 2.75) is 6.23 Å². The van der Waals surface area contributed by atoms with E-state index in [2.05, 4.69) is 12.4 Å². The van der Waals surface area contributed by atoms with E-state index in [4.69, 9.17) is 4.74 Å². The van der Waals surface area contributed by atoms with E-state index in [-0.39, 0.29) is 6.23 Å². The maximum Gasteiger partial charge on any atom is 0.120 e. The van der Waals surface area contributed by atoms with Crippen LogP contribution in [0.25, 0.3) is 0 Å². The Labute approximate surface area is 56.0 Å². The van der Waals surface area contributed by atoms with E-state index in [1.54, 1.807) is 7.11 Å². The van der Waals surface area contributed by atoms with Crippen molar-refractivity contribution in [3.05, 3.63) is 7.05 Å². The molecule has 53 valence electrons. The largest absolute Gasteiger partial charge is 0.365 e. The van der Waals surface area contributed by atoms with Crippen molar-refractivity contribution in [2.24, 2.45) is 0 Å². The normalized spacial score (nSPS) is 30.7. The molecule has 1 saturated heterocycles. The van der Waals surface area contributed by atoms with Crippen molar-refractivity contribution in [3.8, 4) is 0 Å². The molecule has 0 aromatic heterocycles. The van der Waals surface area contributed by atoms with E-state index >= 15 is 0 Å². The lowest BCUT2D eigenvalue weighted by Gasteiger charge is -2.29. The topological polar surface area (TPSA) is 24.5 Å². The summed E-state index contributed by atoms with van der Waals surface area (Å²) in [5.74, 6) is 0. The predicted molar refractivity (Wildman–Crippen MR) is 35.7 cm³/mol. The smallest absolute Gasteiger partial charge is 0.120 e. The van der Waals surface area contributed by atoms with Crippen molar-refractivity contribution in [3.63, 3.8) is 0 Å². The number of hydrogen-bond donors (Lipinski definition) is 1. The van der Waals surface area contributed by atoms with Gasteiger partial charge in [0.25, 0.3) is 0 Å². The van der Waals surface area contributed by atoms with Crippen LogP contribution in [0, 0.1) is 7.05 Å². The summed E-state index contributed by atoms with van der Waals surface area (Å²) in [5, 5.41) is 3.20. The second-order valence-corrected chi connectivity index (χ2v) is 2.26. The molecule has 3 heteroatoms. The maximum absolute atomic E-state index is 5.07. The van der Waals surface area contributed by atoms with Crippen LogP contribution in [0.5, 0.6) is 0 Å². The van der Waals surface area contributed by atoms with Crippen LogP contribution in [-0.4, -0.2) is 37.9 Å². The van der Waals surface area contributed by atoms with E-state index in [1.165, 1.54) is 0 Å². The average molecular weight is 129 g/mol. The van der Waals surface area contributed by atoms with Crippen molar-refractivity contribution in [1.82, 2.24) is 10.2 Å². The van der Waals surface area contributed by atoms with Gasteiger partial charge in [-0.05, 0) is 0 Å². The summed E-state index contributed by atoms with van der Waals surface area (Å²) in [6.45, 7) is 2.87. The first-order chi connectivity index (χ1) is 4.33. The summed E-state index contributed by atoms with van der Waals surface area (Å²) < 4.78 is 5.07. The summed E-state index contributed by atoms with van der Waals surface area (Å²) in [6.07, 6.45) is 0.177. The Morgan fingerprint density at radius 1 is 1.78 bits per heavy atom. The fraction of sp³-hybridized carbons (Fsp3) is 0.833. The molecule has 1 heterocycles. The molecule has 1 rings (SSSR count). The zero-order chi connectivity index (χ0) is 6.69. The van der Waals surface area contributed by atoms with Gasteiger partial charge in [0.15, 0.2) is 0 Å². The van der Waals surface area contributed by atoms with E-state index in [9.17, 15) is 0 Å². The Balaban J connectivity index is 2.23. The molecule has 3 nitrogen and oxygen atoms in total. The van der Waals surface area contributed by atoms with Gasteiger partial charge in [-0.25, -0.2) is 0 Å². The van der Waals surface area contributed by atoms with Crippen molar-refractivity contribution >= 4 is 0 Å². The van der Waals surface area contributed by atoms with Gasteiger partial charge in [0, 0.05) is 33.8 Å². The first-order valence-corrected chi connectivity index (χ1v) is 3.14. The van der Waals surface area contributed by atoms with Crippen LogP contribution < -0.4 is 5.32 Å². The van der Waals surface area contributed by atoms with Gasteiger partial charge in [0.05, 0.1) is 0 Å². The van der Waals surface area contributed by atoms with Crippen LogP contribution in [0.3, 0.4) is 0 Å². The molecule has 0 aliphatic carbocycles. The van der Waals surface area contributed by atoms with Gasteiger partial charge in [0.1, 0.15) is 6.23 Å². The molecular formula is C6H13N2O. The number of nitrogens with zero attached hydrogens (tertiary/aromatic N) is 1. The quantitative estimate of drug-likeness (QED) is 0.524. The predicted octanol–water partition coefficient (Wildman–Crippen LogP) is -0.344. The molecule has 0 bridgehead atoms. The number of nitrogens with one attached hydrogen (secondary N) is 1. The molecule has 1 fully saturated rings.